The third-order valence-corrected chi connectivity index (χ3v) is 3.66. The van der Waals surface area contributed by atoms with Crippen LogP contribution in [0.4, 0.5) is 4.39 Å². The molecule has 1 unspecified atom stereocenters. The molecule has 1 atom stereocenters. The molecule has 1 N–H and O–H groups in total. The number of aliphatic hydroxyl groups is 1. The van der Waals surface area contributed by atoms with Gasteiger partial charge in [-0.15, -0.1) is 0 Å². The summed E-state index contributed by atoms with van der Waals surface area (Å²) in [7, 11) is 0. The molecule has 1 saturated heterocycles. The summed E-state index contributed by atoms with van der Waals surface area (Å²) in [6.45, 7) is 2.51. The summed E-state index contributed by atoms with van der Waals surface area (Å²) in [5.41, 5.74) is 0.563. The van der Waals surface area contributed by atoms with Gasteiger partial charge < -0.3 is 5.11 Å². The molecule has 0 bridgehead atoms. The van der Waals surface area contributed by atoms with Gasteiger partial charge in [0, 0.05) is 30.3 Å². The average molecular weight is 258 g/mol. The molecule has 1 aliphatic heterocycles. The predicted molar refractivity (Wildman–Crippen MR) is 66.5 cm³/mol. The zero-order valence-electron chi connectivity index (χ0n) is 9.70. The van der Waals surface area contributed by atoms with Crippen LogP contribution in [0.15, 0.2) is 18.2 Å². The molecule has 1 aliphatic rings. The molecule has 0 saturated carbocycles. The summed E-state index contributed by atoms with van der Waals surface area (Å²) >= 11 is 6.00. The molecule has 17 heavy (non-hydrogen) atoms. The van der Waals surface area contributed by atoms with Crippen LogP contribution in [0.2, 0.25) is 5.02 Å². The van der Waals surface area contributed by atoms with Crippen molar-refractivity contribution in [3.63, 3.8) is 0 Å². The zero-order valence-corrected chi connectivity index (χ0v) is 10.5. The van der Waals surface area contributed by atoms with Gasteiger partial charge in [0.15, 0.2) is 0 Å². The van der Waals surface area contributed by atoms with Gasteiger partial charge in [0.2, 0.25) is 0 Å². The normalized spacial score (nSPS) is 21.7. The highest BCUT2D eigenvalue weighted by molar-refractivity contribution is 6.31. The molecule has 1 aromatic carbocycles. The van der Waals surface area contributed by atoms with E-state index in [1.807, 2.05) is 0 Å². The van der Waals surface area contributed by atoms with Gasteiger partial charge in [0.05, 0.1) is 0 Å². The SMILES string of the molecule is OCC1CCCN(Cc2c(F)cccc2Cl)C1. The van der Waals surface area contributed by atoms with E-state index in [2.05, 4.69) is 4.90 Å². The number of hydrogen-bond donors (Lipinski definition) is 1. The molecule has 2 rings (SSSR count). The Morgan fingerprint density at radius 2 is 2.29 bits per heavy atom. The third-order valence-electron chi connectivity index (χ3n) is 3.30. The molecule has 4 heteroatoms. The highest BCUT2D eigenvalue weighted by atomic mass is 35.5. The molecular weight excluding hydrogens is 241 g/mol. The molecule has 2 nitrogen and oxygen atoms in total. The zero-order chi connectivity index (χ0) is 12.3. The van der Waals surface area contributed by atoms with E-state index < -0.39 is 0 Å². The number of hydrogen-bond acceptors (Lipinski definition) is 2. The fourth-order valence-corrected chi connectivity index (χ4v) is 2.57. The van der Waals surface area contributed by atoms with Crippen molar-refractivity contribution >= 4 is 11.6 Å². The van der Waals surface area contributed by atoms with Crippen molar-refractivity contribution in [3.05, 3.63) is 34.6 Å². The van der Waals surface area contributed by atoms with E-state index in [1.165, 1.54) is 6.07 Å². The van der Waals surface area contributed by atoms with E-state index in [-0.39, 0.29) is 12.4 Å². The summed E-state index contributed by atoms with van der Waals surface area (Å²) in [5.74, 6) is 0.0675. The lowest BCUT2D eigenvalue weighted by atomic mass is 9.98. The Balaban J connectivity index is 2.05. The minimum absolute atomic E-state index is 0.210. The number of likely N-dealkylation sites (tertiary alicyclic amines) is 1. The lowest BCUT2D eigenvalue weighted by Crippen LogP contribution is -2.36. The standard InChI is InChI=1S/C13H17ClFNO/c14-12-4-1-5-13(15)11(12)8-16-6-2-3-10(7-16)9-17/h1,4-5,10,17H,2-3,6-9H2. The fourth-order valence-electron chi connectivity index (χ4n) is 2.35. The van der Waals surface area contributed by atoms with E-state index >= 15 is 0 Å². The highest BCUT2D eigenvalue weighted by Crippen LogP contribution is 2.23. The number of aliphatic hydroxyl groups excluding tert-OH is 1. The lowest BCUT2D eigenvalue weighted by molar-refractivity contribution is 0.115. The molecule has 1 aromatic rings. The van der Waals surface area contributed by atoms with Crippen molar-refractivity contribution in [1.82, 2.24) is 4.90 Å². The molecule has 1 heterocycles. The first-order valence-electron chi connectivity index (χ1n) is 5.97. The molecule has 94 valence electrons. The molecule has 0 amide bonds. The summed E-state index contributed by atoms with van der Waals surface area (Å²) < 4.78 is 13.6. The third kappa shape index (κ3) is 3.18. The van der Waals surface area contributed by atoms with Crippen LogP contribution in [0, 0.1) is 11.7 Å². The minimum Gasteiger partial charge on any atom is -0.396 e. The van der Waals surface area contributed by atoms with Gasteiger partial charge in [-0.3, -0.25) is 4.90 Å². The molecule has 0 spiro atoms. The van der Waals surface area contributed by atoms with Crippen LogP contribution in [0.3, 0.4) is 0 Å². The first kappa shape index (κ1) is 12.8. The van der Waals surface area contributed by atoms with Crippen LogP contribution in [-0.4, -0.2) is 29.7 Å². The Hall–Kier alpha value is -0.640. The summed E-state index contributed by atoms with van der Waals surface area (Å²) in [6.07, 6.45) is 2.11. The molecular formula is C13H17ClFNO. The molecule has 1 fully saturated rings. The number of benzene rings is 1. The number of halogens is 2. The summed E-state index contributed by atoms with van der Waals surface area (Å²) in [6, 6.07) is 4.77. The van der Waals surface area contributed by atoms with Crippen molar-refractivity contribution in [2.24, 2.45) is 5.92 Å². The molecule has 0 aromatic heterocycles. The van der Waals surface area contributed by atoms with Crippen LogP contribution in [0.1, 0.15) is 18.4 Å². The fraction of sp³-hybridized carbons (Fsp3) is 0.538. The average Bonchev–Trinajstić information content (AvgIpc) is 2.34. The quantitative estimate of drug-likeness (QED) is 0.900. The Morgan fingerprint density at radius 1 is 1.47 bits per heavy atom. The largest absolute Gasteiger partial charge is 0.396 e. The van der Waals surface area contributed by atoms with Gasteiger partial charge in [-0.2, -0.15) is 0 Å². The maximum atomic E-state index is 13.6. The topological polar surface area (TPSA) is 23.5 Å². The predicted octanol–water partition coefficient (Wildman–Crippen LogP) is 2.68. The number of rotatable bonds is 3. The van der Waals surface area contributed by atoms with Gasteiger partial charge in [-0.05, 0) is 37.4 Å². The van der Waals surface area contributed by atoms with Crippen molar-refractivity contribution < 1.29 is 9.50 Å². The highest BCUT2D eigenvalue weighted by Gasteiger charge is 2.20. The van der Waals surface area contributed by atoms with Crippen molar-refractivity contribution in [2.45, 2.75) is 19.4 Å². The van der Waals surface area contributed by atoms with Crippen LogP contribution in [-0.2, 0) is 6.54 Å². The monoisotopic (exact) mass is 257 g/mol. The smallest absolute Gasteiger partial charge is 0.129 e. The van der Waals surface area contributed by atoms with Gasteiger partial charge in [0.25, 0.3) is 0 Å². The Kier molecular flexibility index (Phi) is 4.37. The minimum atomic E-state index is -0.247. The van der Waals surface area contributed by atoms with E-state index in [0.29, 0.717) is 23.0 Å². The van der Waals surface area contributed by atoms with E-state index in [4.69, 9.17) is 16.7 Å². The van der Waals surface area contributed by atoms with Gasteiger partial charge >= 0.3 is 0 Å². The second-order valence-corrected chi connectivity index (χ2v) is 5.03. The van der Waals surface area contributed by atoms with Crippen LogP contribution in [0.25, 0.3) is 0 Å². The summed E-state index contributed by atoms with van der Waals surface area (Å²) in [4.78, 5) is 2.16. The maximum absolute atomic E-state index is 13.6. The van der Waals surface area contributed by atoms with Gasteiger partial charge in [-0.25, -0.2) is 4.39 Å². The summed E-state index contributed by atoms with van der Waals surface area (Å²) in [5, 5.41) is 9.64. The lowest BCUT2D eigenvalue weighted by Gasteiger charge is -2.32. The Labute approximate surface area is 106 Å². The second-order valence-electron chi connectivity index (χ2n) is 4.63. The van der Waals surface area contributed by atoms with Crippen molar-refractivity contribution in [3.8, 4) is 0 Å². The first-order chi connectivity index (χ1) is 8.20. The number of nitrogens with zero attached hydrogens (tertiary/aromatic N) is 1. The van der Waals surface area contributed by atoms with E-state index in [1.54, 1.807) is 12.1 Å². The van der Waals surface area contributed by atoms with Crippen molar-refractivity contribution in [2.75, 3.05) is 19.7 Å². The molecule has 0 aliphatic carbocycles. The molecule has 0 radical (unpaired) electrons. The van der Waals surface area contributed by atoms with Crippen LogP contribution < -0.4 is 0 Å². The first-order valence-corrected chi connectivity index (χ1v) is 6.34. The second kappa shape index (κ2) is 5.80. The van der Waals surface area contributed by atoms with E-state index in [0.717, 1.165) is 25.9 Å². The van der Waals surface area contributed by atoms with Crippen molar-refractivity contribution in [1.29, 1.82) is 0 Å². The van der Waals surface area contributed by atoms with Gasteiger partial charge in [0.1, 0.15) is 5.82 Å². The van der Waals surface area contributed by atoms with E-state index in [9.17, 15) is 4.39 Å². The van der Waals surface area contributed by atoms with Crippen LogP contribution >= 0.6 is 11.6 Å². The maximum Gasteiger partial charge on any atom is 0.129 e. The Morgan fingerprint density at radius 3 is 3.00 bits per heavy atom. The van der Waals surface area contributed by atoms with Crippen LogP contribution in [0.5, 0.6) is 0 Å². The Bertz CT molecular complexity index is 365. The number of piperidine rings is 1. The van der Waals surface area contributed by atoms with Gasteiger partial charge in [-0.1, -0.05) is 17.7 Å².